The number of hydrogen-bond donors (Lipinski definition) is 2. The SMILES string of the molecule is COC(=O)c1ccc(NC(=O)c2cc3ccccc3[nH]c2=O)cc1. The van der Waals surface area contributed by atoms with Gasteiger partial charge in [0.2, 0.25) is 0 Å². The van der Waals surface area contributed by atoms with Crippen molar-refractivity contribution >= 4 is 28.5 Å². The Morgan fingerprint density at radius 1 is 1.04 bits per heavy atom. The van der Waals surface area contributed by atoms with E-state index in [9.17, 15) is 14.4 Å². The first-order valence-corrected chi connectivity index (χ1v) is 7.20. The Morgan fingerprint density at radius 3 is 2.46 bits per heavy atom. The molecule has 0 aliphatic heterocycles. The maximum Gasteiger partial charge on any atom is 0.337 e. The Hall–Kier alpha value is -3.41. The van der Waals surface area contributed by atoms with Gasteiger partial charge in [-0.3, -0.25) is 9.59 Å². The molecule has 1 amide bonds. The van der Waals surface area contributed by atoms with Gasteiger partial charge in [-0.05, 0) is 41.8 Å². The van der Waals surface area contributed by atoms with Crippen molar-refractivity contribution in [3.8, 4) is 0 Å². The van der Waals surface area contributed by atoms with Crippen molar-refractivity contribution in [3.05, 3.63) is 76.1 Å². The molecular formula is C18H14N2O4. The number of amides is 1. The lowest BCUT2D eigenvalue weighted by atomic mass is 10.1. The van der Waals surface area contributed by atoms with Crippen molar-refractivity contribution in [2.75, 3.05) is 12.4 Å². The number of nitrogens with one attached hydrogen (secondary N) is 2. The molecule has 120 valence electrons. The van der Waals surface area contributed by atoms with Crippen LogP contribution in [0.1, 0.15) is 20.7 Å². The van der Waals surface area contributed by atoms with Crippen LogP contribution in [0, 0.1) is 0 Å². The lowest BCUT2D eigenvalue weighted by Crippen LogP contribution is -2.23. The highest BCUT2D eigenvalue weighted by Gasteiger charge is 2.12. The summed E-state index contributed by atoms with van der Waals surface area (Å²) in [6.45, 7) is 0. The molecule has 6 heteroatoms. The van der Waals surface area contributed by atoms with Gasteiger partial charge in [0.25, 0.3) is 11.5 Å². The Morgan fingerprint density at radius 2 is 1.75 bits per heavy atom. The highest BCUT2D eigenvalue weighted by molar-refractivity contribution is 6.05. The molecule has 24 heavy (non-hydrogen) atoms. The molecule has 2 aromatic carbocycles. The van der Waals surface area contributed by atoms with E-state index in [0.717, 1.165) is 5.39 Å². The molecule has 0 bridgehead atoms. The molecule has 0 radical (unpaired) electrons. The second kappa shape index (κ2) is 6.37. The summed E-state index contributed by atoms with van der Waals surface area (Å²) < 4.78 is 4.61. The number of hydrogen-bond acceptors (Lipinski definition) is 4. The normalized spacial score (nSPS) is 10.4. The molecule has 0 fully saturated rings. The predicted octanol–water partition coefficient (Wildman–Crippen LogP) is 2.57. The van der Waals surface area contributed by atoms with E-state index in [-0.39, 0.29) is 5.56 Å². The highest BCUT2D eigenvalue weighted by atomic mass is 16.5. The van der Waals surface area contributed by atoms with Crippen molar-refractivity contribution in [1.82, 2.24) is 4.98 Å². The summed E-state index contributed by atoms with van der Waals surface area (Å²) in [7, 11) is 1.30. The van der Waals surface area contributed by atoms with Gasteiger partial charge >= 0.3 is 5.97 Å². The Labute approximate surface area is 137 Å². The van der Waals surface area contributed by atoms with E-state index >= 15 is 0 Å². The summed E-state index contributed by atoms with van der Waals surface area (Å²) in [5, 5.41) is 3.40. The second-order valence-corrected chi connectivity index (χ2v) is 5.12. The number of pyridine rings is 1. The minimum absolute atomic E-state index is 0.0192. The van der Waals surface area contributed by atoms with Crippen molar-refractivity contribution in [1.29, 1.82) is 0 Å². The number of H-pyrrole nitrogens is 1. The van der Waals surface area contributed by atoms with Gasteiger partial charge in [0, 0.05) is 11.2 Å². The van der Waals surface area contributed by atoms with Gasteiger partial charge in [0.05, 0.1) is 12.7 Å². The largest absolute Gasteiger partial charge is 0.465 e. The van der Waals surface area contributed by atoms with Gasteiger partial charge in [-0.25, -0.2) is 4.79 Å². The van der Waals surface area contributed by atoms with Crippen molar-refractivity contribution in [2.24, 2.45) is 0 Å². The Kier molecular flexibility index (Phi) is 4.11. The number of benzene rings is 2. The smallest absolute Gasteiger partial charge is 0.337 e. The van der Waals surface area contributed by atoms with E-state index in [4.69, 9.17) is 0 Å². The number of aromatic nitrogens is 1. The van der Waals surface area contributed by atoms with Crippen molar-refractivity contribution in [3.63, 3.8) is 0 Å². The molecule has 0 spiro atoms. The molecule has 6 nitrogen and oxygen atoms in total. The number of ether oxygens (including phenoxy) is 1. The van der Waals surface area contributed by atoms with Crippen LogP contribution in [0.5, 0.6) is 0 Å². The molecule has 1 heterocycles. The second-order valence-electron chi connectivity index (χ2n) is 5.12. The summed E-state index contributed by atoms with van der Waals surface area (Å²) in [6.07, 6.45) is 0. The van der Waals surface area contributed by atoms with Crippen LogP contribution in [0.3, 0.4) is 0 Å². The van der Waals surface area contributed by atoms with E-state index in [2.05, 4.69) is 15.0 Å². The number of carbonyl (C=O) groups is 2. The predicted molar refractivity (Wildman–Crippen MR) is 90.3 cm³/mol. The van der Waals surface area contributed by atoms with Crippen molar-refractivity contribution < 1.29 is 14.3 Å². The zero-order valence-electron chi connectivity index (χ0n) is 12.8. The van der Waals surface area contributed by atoms with Crippen LogP contribution >= 0.6 is 0 Å². The topological polar surface area (TPSA) is 88.3 Å². The van der Waals surface area contributed by atoms with E-state index in [1.165, 1.54) is 19.2 Å². The van der Waals surface area contributed by atoms with E-state index in [1.54, 1.807) is 30.3 Å². The number of para-hydroxylation sites is 1. The number of carbonyl (C=O) groups excluding carboxylic acids is 2. The summed E-state index contributed by atoms with van der Waals surface area (Å²) in [4.78, 5) is 38.5. The molecule has 0 aliphatic rings. The number of methoxy groups -OCH3 is 1. The van der Waals surface area contributed by atoms with Crippen LogP contribution < -0.4 is 10.9 Å². The van der Waals surface area contributed by atoms with Crippen LogP contribution in [0.4, 0.5) is 5.69 Å². The lowest BCUT2D eigenvalue weighted by molar-refractivity contribution is 0.0600. The van der Waals surface area contributed by atoms with Gasteiger partial charge < -0.3 is 15.0 Å². The van der Waals surface area contributed by atoms with Gasteiger partial charge in [-0.15, -0.1) is 0 Å². The standard InChI is InChI=1S/C18H14N2O4/c1-24-18(23)11-6-8-13(9-7-11)19-16(21)14-10-12-4-2-3-5-15(12)20-17(14)22/h2-10H,1H3,(H,19,21)(H,20,22). The molecule has 0 unspecified atom stereocenters. The quantitative estimate of drug-likeness (QED) is 0.725. The fraction of sp³-hybridized carbons (Fsp3) is 0.0556. The van der Waals surface area contributed by atoms with E-state index < -0.39 is 17.4 Å². The van der Waals surface area contributed by atoms with E-state index in [1.807, 2.05) is 12.1 Å². The van der Waals surface area contributed by atoms with Crippen LogP contribution in [0.25, 0.3) is 10.9 Å². The molecule has 0 atom stereocenters. The average Bonchev–Trinajstić information content (AvgIpc) is 2.61. The number of rotatable bonds is 3. The first-order valence-electron chi connectivity index (χ1n) is 7.20. The fourth-order valence-corrected chi connectivity index (χ4v) is 2.32. The number of aromatic amines is 1. The minimum atomic E-state index is -0.521. The Balaban J connectivity index is 1.86. The molecule has 3 rings (SSSR count). The summed E-state index contributed by atoms with van der Waals surface area (Å²) >= 11 is 0. The average molecular weight is 322 g/mol. The minimum Gasteiger partial charge on any atom is -0.465 e. The van der Waals surface area contributed by atoms with Gasteiger partial charge in [-0.2, -0.15) is 0 Å². The van der Waals surface area contributed by atoms with Crippen molar-refractivity contribution in [2.45, 2.75) is 0 Å². The maximum absolute atomic E-state index is 12.3. The number of esters is 1. The summed E-state index contributed by atoms with van der Waals surface area (Å²) in [5.41, 5.74) is 1.07. The molecule has 0 aliphatic carbocycles. The third kappa shape index (κ3) is 3.03. The number of anilines is 1. The third-order valence-corrected chi connectivity index (χ3v) is 3.56. The molecule has 0 saturated carbocycles. The fourth-order valence-electron chi connectivity index (χ4n) is 2.32. The number of fused-ring (bicyclic) bond motifs is 1. The maximum atomic E-state index is 12.3. The molecular weight excluding hydrogens is 308 g/mol. The van der Waals surface area contributed by atoms with Gasteiger partial charge in [0.1, 0.15) is 5.56 Å². The van der Waals surface area contributed by atoms with Gasteiger partial charge in [-0.1, -0.05) is 18.2 Å². The van der Waals surface area contributed by atoms with Crippen LogP contribution in [0.15, 0.2) is 59.4 Å². The first kappa shape index (κ1) is 15.5. The zero-order chi connectivity index (χ0) is 17.1. The monoisotopic (exact) mass is 322 g/mol. The zero-order valence-corrected chi connectivity index (χ0v) is 12.8. The first-order chi connectivity index (χ1) is 11.6. The molecule has 2 N–H and O–H groups in total. The molecule has 3 aromatic rings. The lowest BCUT2D eigenvalue weighted by Gasteiger charge is -2.06. The summed E-state index contributed by atoms with van der Waals surface area (Å²) in [5.74, 6) is -0.980. The molecule has 1 aromatic heterocycles. The van der Waals surface area contributed by atoms with Crippen LogP contribution in [-0.4, -0.2) is 24.0 Å². The Bertz CT molecular complexity index is 974. The molecule has 0 saturated heterocycles. The van der Waals surface area contributed by atoms with E-state index in [0.29, 0.717) is 16.8 Å². The third-order valence-electron chi connectivity index (χ3n) is 3.56. The van der Waals surface area contributed by atoms with Crippen LogP contribution in [-0.2, 0) is 4.74 Å². The highest BCUT2D eigenvalue weighted by Crippen LogP contribution is 2.13. The van der Waals surface area contributed by atoms with Gasteiger partial charge in [0.15, 0.2) is 0 Å². The van der Waals surface area contributed by atoms with Crippen LogP contribution in [0.2, 0.25) is 0 Å². The summed E-state index contributed by atoms with van der Waals surface area (Å²) in [6, 6.07) is 15.0.